The summed E-state index contributed by atoms with van der Waals surface area (Å²) in [4.78, 5) is 12.3. The predicted octanol–water partition coefficient (Wildman–Crippen LogP) is 4.33. The van der Waals surface area contributed by atoms with Gasteiger partial charge in [-0.1, -0.05) is 43.9 Å². The van der Waals surface area contributed by atoms with Crippen LogP contribution in [0.15, 0.2) is 24.3 Å². The standard InChI is InChI=1S/C19H29NO2S/c1-3-18(22-16-11-9-15(2)10-12-16)19(21)20-13-14-23-17-7-5-4-6-8-17/h9-12,17-18H,3-8,13-14H2,1-2H3,(H,20,21)/t18-/m0/s1. The highest BCUT2D eigenvalue weighted by Crippen LogP contribution is 2.27. The summed E-state index contributed by atoms with van der Waals surface area (Å²) < 4.78 is 5.81. The van der Waals surface area contributed by atoms with Crippen molar-refractivity contribution in [3.63, 3.8) is 0 Å². The van der Waals surface area contributed by atoms with Crippen molar-refractivity contribution in [1.82, 2.24) is 5.32 Å². The summed E-state index contributed by atoms with van der Waals surface area (Å²) in [5.41, 5.74) is 1.19. The Hall–Kier alpha value is -1.16. The number of benzene rings is 1. The SMILES string of the molecule is CC[C@H](Oc1ccc(C)cc1)C(=O)NCCSC1CCCCC1. The minimum absolute atomic E-state index is 0.00248. The van der Waals surface area contributed by atoms with Crippen LogP contribution in [0.2, 0.25) is 0 Å². The Kier molecular flexibility index (Phi) is 7.80. The minimum Gasteiger partial charge on any atom is -0.481 e. The van der Waals surface area contributed by atoms with E-state index in [2.05, 4.69) is 5.32 Å². The third kappa shape index (κ3) is 6.46. The molecule has 23 heavy (non-hydrogen) atoms. The van der Waals surface area contributed by atoms with Crippen molar-refractivity contribution in [3.05, 3.63) is 29.8 Å². The van der Waals surface area contributed by atoms with Crippen molar-refractivity contribution in [1.29, 1.82) is 0 Å². The van der Waals surface area contributed by atoms with E-state index in [1.165, 1.54) is 37.7 Å². The summed E-state index contributed by atoms with van der Waals surface area (Å²) in [5, 5.41) is 3.82. The summed E-state index contributed by atoms with van der Waals surface area (Å²) in [7, 11) is 0. The van der Waals surface area contributed by atoms with Crippen LogP contribution >= 0.6 is 11.8 Å². The molecule has 3 nitrogen and oxygen atoms in total. The second-order valence-electron chi connectivity index (χ2n) is 6.25. The summed E-state index contributed by atoms with van der Waals surface area (Å²) >= 11 is 2.01. The Morgan fingerprint density at radius 2 is 1.96 bits per heavy atom. The van der Waals surface area contributed by atoms with E-state index in [-0.39, 0.29) is 5.91 Å². The van der Waals surface area contributed by atoms with Gasteiger partial charge in [-0.3, -0.25) is 4.79 Å². The molecule has 0 heterocycles. The molecule has 1 aliphatic carbocycles. The van der Waals surface area contributed by atoms with E-state index in [0.717, 1.165) is 23.3 Å². The van der Waals surface area contributed by atoms with Gasteiger partial charge in [0.15, 0.2) is 6.10 Å². The number of carbonyl (C=O) groups is 1. The monoisotopic (exact) mass is 335 g/mol. The second-order valence-corrected chi connectivity index (χ2v) is 7.66. The van der Waals surface area contributed by atoms with Gasteiger partial charge in [0.1, 0.15) is 5.75 Å². The smallest absolute Gasteiger partial charge is 0.261 e. The van der Waals surface area contributed by atoms with Crippen LogP contribution in [0.4, 0.5) is 0 Å². The maximum atomic E-state index is 12.3. The fourth-order valence-corrected chi connectivity index (χ4v) is 4.07. The lowest BCUT2D eigenvalue weighted by molar-refractivity contribution is -0.127. The van der Waals surface area contributed by atoms with Crippen molar-refractivity contribution in [2.24, 2.45) is 0 Å². The third-order valence-corrected chi connectivity index (χ3v) is 5.65. The molecular formula is C19H29NO2S. The van der Waals surface area contributed by atoms with Gasteiger partial charge in [-0.2, -0.15) is 11.8 Å². The van der Waals surface area contributed by atoms with Crippen LogP contribution in [-0.4, -0.2) is 29.6 Å². The summed E-state index contributed by atoms with van der Waals surface area (Å²) in [6, 6.07) is 7.84. The van der Waals surface area contributed by atoms with Crippen molar-refractivity contribution < 1.29 is 9.53 Å². The number of hydrogen-bond donors (Lipinski definition) is 1. The molecule has 0 radical (unpaired) electrons. The fraction of sp³-hybridized carbons (Fsp3) is 0.632. The highest BCUT2D eigenvalue weighted by atomic mass is 32.2. The zero-order valence-corrected chi connectivity index (χ0v) is 15.2. The van der Waals surface area contributed by atoms with Crippen molar-refractivity contribution in [3.8, 4) is 5.75 Å². The predicted molar refractivity (Wildman–Crippen MR) is 98.2 cm³/mol. The van der Waals surface area contributed by atoms with Gasteiger partial charge in [-0.15, -0.1) is 0 Å². The first-order chi connectivity index (χ1) is 11.2. The molecule has 0 spiro atoms. The van der Waals surface area contributed by atoms with E-state index in [4.69, 9.17) is 4.74 Å². The van der Waals surface area contributed by atoms with Gasteiger partial charge in [0.2, 0.25) is 0 Å². The molecule has 0 saturated heterocycles. The molecular weight excluding hydrogens is 306 g/mol. The van der Waals surface area contributed by atoms with Crippen LogP contribution in [0, 0.1) is 6.92 Å². The molecule has 0 aromatic heterocycles. The Morgan fingerprint density at radius 3 is 2.61 bits per heavy atom. The molecule has 1 amide bonds. The maximum absolute atomic E-state index is 12.3. The van der Waals surface area contributed by atoms with E-state index in [1.807, 2.05) is 49.9 Å². The van der Waals surface area contributed by atoms with Crippen molar-refractivity contribution in [2.75, 3.05) is 12.3 Å². The molecule has 0 unspecified atom stereocenters. The highest BCUT2D eigenvalue weighted by molar-refractivity contribution is 7.99. The first-order valence-electron chi connectivity index (χ1n) is 8.81. The van der Waals surface area contributed by atoms with Crippen LogP contribution in [0.5, 0.6) is 5.75 Å². The lowest BCUT2D eigenvalue weighted by Crippen LogP contribution is -2.39. The Balaban J connectivity index is 1.68. The molecule has 2 rings (SSSR count). The number of carbonyl (C=O) groups excluding carboxylic acids is 1. The quantitative estimate of drug-likeness (QED) is 0.718. The fourth-order valence-electron chi connectivity index (χ4n) is 2.85. The van der Waals surface area contributed by atoms with Crippen molar-refractivity contribution in [2.45, 2.75) is 63.7 Å². The van der Waals surface area contributed by atoms with Crippen LogP contribution in [0.25, 0.3) is 0 Å². The average molecular weight is 336 g/mol. The van der Waals surface area contributed by atoms with E-state index in [0.29, 0.717) is 6.42 Å². The normalized spacial score (nSPS) is 16.8. The third-order valence-electron chi connectivity index (χ3n) is 4.27. The van der Waals surface area contributed by atoms with Gasteiger partial charge in [-0.25, -0.2) is 0 Å². The van der Waals surface area contributed by atoms with Gasteiger partial charge in [0, 0.05) is 17.5 Å². The molecule has 1 saturated carbocycles. The molecule has 1 aromatic carbocycles. The molecule has 1 aromatic rings. The van der Waals surface area contributed by atoms with Crippen LogP contribution in [0.3, 0.4) is 0 Å². The number of thioether (sulfide) groups is 1. The van der Waals surface area contributed by atoms with Crippen LogP contribution in [0.1, 0.15) is 51.0 Å². The molecule has 128 valence electrons. The maximum Gasteiger partial charge on any atom is 0.261 e. The van der Waals surface area contributed by atoms with E-state index in [9.17, 15) is 4.79 Å². The topological polar surface area (TPSA) is 38.3 Å². The molecule has 1 aliphatic rings. The Labute approximate surface area is 144 Å². The summed E-state index contributed by atoms with van der Waals surface area (Å²) in [6.07, 6.45) is 7.08. The summed E-state index contributed by atoms with van der Waals surface area (Å²) in [5.74, 6) is 1.75. The largest absolute Gasteiger partial charge is 0.481 e. The number of hydrogen-bond acceptors (Lipinski definition) is 3. The van der Waals surface area contributed by atoms with Gasteiger partial charge < -0.3 is 10.1 Å². The number of rotatable bonds is 8. The highest BCUT2D eigenvalue weighted by Gasteiger charge is 2.18. The molecule has 1 N–H and O–H groups in total. The minimum atomic E-state index is -0.405. The van der Waals surface area contributed by atoms with Gasteiger partial charge >= 0.3 is 0 Å². The number of aryl methyl sites for hydroxylation is 1. The van der Waals surface area contributed by atoms with Gasteiger partial charge in [0.25, 0.3) is 5.91 Å². The second kappa shape index (κ2) is 9.86. The van der Waals surface area contributed by atoms with E-state index in [1.54, 1.807) is 0 Å². The zero-order valence-electron chi connectivity index (χ0n) is 14.3. The number of nitrogens with one attached hydrogen (secondary N) is 1. The Bertz CT molecular complexity index is 469. The van der Waals surface area contributed by atoms with Crippen LogP contribution in [-0.2, 0) is 4.79 Å². The molecule has 0 aliphatic heterocycles. The lowest BCUT2D eigenvalue weighted by atomic mass is 10.0. The molecule has 0 bridgehead atoms. The van der Waals surface area contributed by atoms with Crippen molar-refractivity contribution >= 4 is 17.7 Å². The average Bonchev–Trinajstić information content (AvgIpc) is 2.59. The van der Waals surface area contributed by atoms with Crippen LogP contribution < -0.4 is 10.1 Å². The first-order valence-corrected chi connectivity index (χ1v) is 9.86. The molecule has 4 heteroatoms. The first kappa shape index (κ1) is 18.2. The lowest BCUT2D eigenvalue weighted by Gasteiger charge is -2.21. The Morgan fingerprint density at radius 1 is 1.26 bits per heavy atom. The van der Waals surface area contributed by atoms with E-state index < -0.39 is 6.10 Å². The van der Waals surface area contributed by atoms with E-state index >= 15 is 0 Å². The summed E-state index contributed by atoms with van der Waals surface area (Å²) in [6.45, 7) is 4.75. The van der Waals surface area contributed by atoms with Gasteiger partial charge in [-0.05, 0) is 38.3 Å². The number of ether oxygens (including phenoxy) is 1. The van der Waals surface area contributed by atoms with Gasteiger partial charge in [0.05, 0.1) is 0 Å². The zero-order chi connectivity index (χ0) is 16.5. The molecule has 1 atom stereocenters. The molecule has 1 fully saturated rings. The number of amides is 1.